The average molecular weight is 154 g/mol. The van der Waals surface area contributed by atoms with Crippen LogP contribution in [0.5, 0.6) is 5.88 Å². The smallest absolute Gasteiger partial charge is 0.252 e. The predicted molar refractivity (Wildman–Crippen MR) is 40.0 cm³/mol. The van der Waals surface area contributed by atoms with E-state index < -0.39 is 0 Å². The summed E-state index contributed by atoms with van der Waals surface area (Å²) in [6, 6.07) is 0. The molecule has 11 heavy (non-hydrogen) atoms. The van der Waals surface area contributed by atoms with Gasteiger partial charge in [0.2, 0.25) is 5.95 Å². The van der Waals surface area contributed by atoms with E-state index in [0.29, 0.717) is 5.88 Å². The lowest BCUT2D eigenvalue weighted by atomic mass is 10.5. The van der Waals surface area contributed by atoms with Gasteiger partial charge >= 0.3 is 0 Å². The average Bonchev–Trinajstić information content (AvgIpc) is 1.93. The summed E-state index contributed by atoms with van der Waals surface area (Å²) in [6.07, 6.45) is 1.53. The Morgan fingerprint density at radius 3 is 2.64 bits per heavy atom. The van der Waals surface area contributed by atoms with E-state index in [1.54, 1.807) is 0 Å². The summed E-state index contributed by atoms with van der Waals surface area (Å²) < 4.78 is 5.18. The van der Waals surface area contributed by atoms with Crippen LogP contribution >= 0.6 is 0 Å². The molecule has 0 aromatic carbocycles. The van der Waals surface area contributed by atoms with E-state index in [9.17, 15) is 0 Å². The fourth-order valence-electron chi connectivity index (χ4n) is 0.569. The van der Waals surface area contributed by atoms with Crippen molar-refractivity contribution in [3.05, 3.63) is 6.20 Å². The number of aromatic nitrogens is 3. The lowest BCUT2D eigenvalue weighted by molar-refractivity contribution is 0.229. The molecule has 1 heterocycles. The Morgan fingerprint density at radius 2 is 2.18 bits per heavy atom. The van der Waals surface area contributed by atoms with Crippen molar-refractivity contribution >= 4 is 5.95 Å². The van der Waals surface area contributed by atoms with Crippen LogP contribution in [0, 0.1) is 0 Å². The van der Waals surface area contributed by atoms with Crippen LogP contribution in [-0.4, -0.2) is 21.3 Å². The summed E-state index contributed by atoms with van der Waals surface area (Å²) in [5, 5.41) is 7.18. The molecule has 0 amide bonds. The van der Waals surface area contributed by atoms with Crippen LogP contribution in [0.3, 0.4) is 0 Å². The SMILES string of the molecule is CC(C)Oc1cnc(N)nn1. The van der Waals surface area contributed by atoms with Crippen LogP contribution in [0.2, 0.25) is 0 Å². The highest BCUT2D eigenvalue weighted by atomic mass is 16.5. The zero-order valence-electron chi connectivity index (χ0n) is 6.48. The van der Waals surface area contributed by atoms with Gasteiger partial charge in [-0.05, 0) is 13.8 Å². The van der Waals surface area contributed by atoms with E-state index in [1.165, 1.54) is 6.20 Å². The maximum atomic E-state index is 5.22. The predicted octanol–water partition coefficient (Wildman–Crippen LogP) is 0.241. The van der Waals surface area contributed by atoms with Gasteiger partial charge in [-0.3, -0.25) is 0 Å². The standard InChI is InChI=1S/C6H10N4O/c1-4(2)11-5-3-8-6(7)10-9-5/h3-4H,1-2H3,(H2,7,8,10). The molecule has 5 heteroatoms. The Kier molecular flexibility index (Phi) is 2.20. The summed E-state index contributed by atoms with van der Waals surface area (Å²) in [7, 11) is 0. The highest BCUT2D eigenvalue weighted by Gasteiger charge is 1.98. The number of ether oxygens (including phenoxy) is 1. The molecule has 1 aromatic heterocycles. The van der Waals surface area contributed by atoms with Crippen molar-refractivity contribution in [3.8, 4) is 5.88 Å². The topological polar surface area (TPSA) is 73.9 Å². The second-order valence-electron chi connectivity index (χ2n) is 2.32. The van der Waals surface area contributed by atoms with E-state index in [2.05, 4.69) is 15.2 Å². The molecule has 1 rings (SSSR count). The zero-order valence-corrected chi connectivity index (χ0v) is 6.48. The number of nitrogens with two attached hydrogens (primary N) is 1. The van der Waals surface area contributed by atoms with Crippen molar-refractivity contribution in [2.45, 2.75) is 20.0 Å². The highest BCUT2D eigenvalue weighted by Crippen LogP contribution is 2.03. The van der Waals surface area contributed by atoms with E-state index >= 15 is 0 Å². The molecular weight excluding hydrogens is 144 g/mol. The lowest BCUT2D eigenvalue weighted by Crippen LogP contribution is -2.08. The number of anilines is 1. The van der Waals surface area contributed by atoms with Gasteiger partial charge in [0.05, 0.1) is 12.3 Å². The minimum absolute atomic E-state index is 0.0784. The normalized spacial score (nSPS) is 10.1. The van der Waals surface area contributed by atoms with E-state index in [4.69, 9.17) is 10.5 Å². The first kappa shape index (κ1) is 7.71. The summed E-state index contributed by atoms with van der Waals surface area (Å²) >= 11 is 0. The molecule has 0 atom stereocenters. The quantitative estimate of drug-likeness (QED) is 0.660. The van der Waals surface area contributed by atoms with Crippen molar-refractivity contribution in [2.24, 2.45) is 0 Å². The Morgan fingerprint density at radius 1 is 1.45 bits per heavy atom. The highest BCUT2D eigenvalue weighted by molar-refractivity contribution is 5.13. The molecule has 1 aromatic rings. The number of rotatable bonds is 2. The lowest BCUT2D eigenvalue weighted by Gasteiger charge is -2.05. The monoisotopic (exact) mass is 154 g/mol. The van der Waals surface area contributed by atoms with E-state index in [1.807, 2.05) is 13.8 Å². The molecule has 0 unspecified atom stereocenters. The van der Waals surface area contributed by atoms with Gasteiger partial charge in [-0.1, -0.05) is 0 Å². The summed E-state index contributed by atoms with van der Waals surface area (Å²) in [5.41, 5.74) is 5.22. The van der Waals surface area contributed by atoms with E-state index in [-0.39, 0.29) is 12.1 Å². The zero-order chi connectivity index (χ0) is 8.27. The second kappa shape index (κ2) is 3.14. The molecule has 0 aliphatic carbocycles. The largest absolute Gasteiger partial charge is 0.473 e. The molecule has 60 valence electrons. The Balaban J connectivity index is 2.66. The first-order valence-electron chi connectivity index (χ1n) is 3.30. The van der Waals surface area contributed by atoms with Gasteiger partial charge in [-0.15, -0.1) is 10.2 Å². The maximum Gasteiger partial charge on any atom is 0.252 e. The van der Waals surface area contributed by atoms with Gasteiger partial charge in [-0.25, -0.2) is 4.98 Å². The molecule has 0 saturated heterocycles. The van der Waals surface area contributed by atoms with Crippen molar-refractivity contribution in [1.29, 1.82) is 0 Å². The summed E-state index contributed by atoms with van der Waals surface area (Å²) in [6.45, 7) is 3.80. The van der Waals surface area contributed by atoms with Crippen LogP contribution < -0.4 is 10.5 Å². The molecule has 0 spiro atoms. The van der Waals surface area contributed by atoms with Gasteiger partial charge in [-0.2, -0.15) is 0 Å². The van der Waals surface area contributed by atoms with Crippen molar-refractivity contribution in [2.75, 3.05) is 5.73 Å². The Hall–Kier alpha value is -1.39. The number of nitrogen functional groups attached to an aromatic ring is 1. The van der Waals surface area contributed by atoms with Gasteiger partial charge < -0.3 is 10.5 Å². The molecule has 0 saturated carbocycles. The third-order valence-corrected chi connectivity index (χ3v) is 0.915. The minimum Gasteiger partial charge on any atom is -0.473 e. The molecule has 0 aliphatic rings. The fourth-order valence-corrected chi connectivity index (χ4v) is 0.569. The fraction of sp³-hybridized carbons (Fsp3) is 0.500. The molecular formula is C6H10N4O. The third kappa shape index (κ3) is 2.37. The minimum atomic E-state index is 0.0784. The van der Waals surface area contributed by atoms with Crippen molar-refractivity contribution in [1.82, 2.24) is 15.2 Å². The molecule has 0 bridgehead atoms. The van der Waals surface area contributed by atoms with Gasteiger partial charge in [0.15, 0.2) is 0 Å². The maximum absolute atomic E-state index is 5.22. The van der Waals surface area contributed by atoms with Crippen LogP contribution in [0.15, 0.2) is 6.20 Å². The van der Waals surface area contributed by atoms with Gasteiger partial charge in [0, 0.05) is 0 Å². The third-order valence-electron chi connectivity index (χ3n) is 0.915. The second-order valence-corrected chi connectivity index (χ2v) is 2.32. The molecule has 2 N–H and O–H groups in total. The van der Waals surface area contributed by atoms with E-state index in [0.717, 1.165) is 0 Å². The van der Waals surface area contributed by atoms with Crippen LogP contribution in [0.4, 0.5) is 5.95 Å². The number of hydrogen-bond donors (Lipinski definition) is 1. The van der Waals surface area contributed by atoms with Gasteiger partial charge in [0.25, 0.3) is 5.88 Å². The van der Waals surface area contributed by atoms with Crippen molar-refractivity contribution in [3.63, 3.8) is 0 Å². The first-order valence-corrected chi connectivity index (χ1v) is 3.30. The molecule has 0 fully saturated rings. The van der Waals surface area contributed by atoms with Crippen LogP contribution in [0.1, 0.15) is 13.8 Å². The molecule has 0 radical (unpaired) electrons. The number of nitrogens with zero attached hydrogens (tertiary/aromatic N) is 3. The first-order chi connectivity index (χ1) is 5.18. The van der Waals surface area contributed by atoms with Crippen molar-refractivity contribution < 1.29 is 4.74 Å². The summed E-state index contributed by atoms with van der Waals surface area (Å²) in [5.74, 6) is 0.551. The molecule has 5 nitrogen and oxygen atoms in total. The summed E-state index contributed by atoms with van der Waals surface area (Å²) in [4.78, 5) is 3.71. The Labute approximate surface area is 64.6 Å². The number of hydrogen-bond acceptors (Lipinski definition) is 5. The van der Waals surface area contributed by atoms with Gasteiger partial charge in [0.1, 0.15) is 0 Å². The molecule has 0 aliphatic heterocycles. The van der Waals surface area contributed by atoms with Crippen LogP contribution in [-0.2, 0) is 0 Å². The van der Waals surface area contributed by atoms with Crippen LogP contribution in [0.25, 0.3) is 0 Å². The Bertz CT molecular complexity index is 221.